The molecule has 0 N–H and O–H groups in total. The number of hydrogen-bond acceptors (Lipinski definition) is 3. The van der Waals surface area contributed by atoms with Crippen LogP contribution in [0, 0.1) is 0 Å². The van der Waals surface area contributed by atoms with Crippen molar-refractivity contribution in [2.75, 3.05) is 0 Å². The molecule has 45 heavy (non-hydrogen) atoms. The van der Waals surface area contributed by atoms with Crippen LogP contribution in [0.2, 0.25) is 0 Å². The Morgan fingerprint density at radius 2 is 0.911 bits per heavy atom. The molecule has 210 valence electrons. The van der Waals surface area contributed by atoms with Crippen molar-refractivity contribution in [2.45, 2.75) is 0 Å². The van der Waals surface area contributed by atoms with Crippen LogP contribution in [0.4, 0.5) is 0 Å². The van der Waals surface area contributed by atoms with Gasteiger partial charge in [0.2, 0.25) is 0 Å². The molecule has 0 aliphatic carbocycles. The zero-order chi connectivity index (χ0) is 29.7. The van der Waals surface area contributed by atoms with Gasteiger partial charge in [-0.15, -0.1) is 0 Å². The molecule has 4 nitrogen and oxygen atoms in total. The molecule has 4 heteroatoms. The van der Waals surface area contributed by atoms with E-state index in [4.69, 9.17) is 15.0 Å². The Morgan fingerprint density at radius 3 is 1.62 bits per heavy atom. The zero-order valence-electron chi connectivity index (χ0n) is 24.3. The van der Waals surface area contributed by atoms with E-state index in [1.165, 1.54) is 32.6 Å². The summed E-state index contributed by atoms with van der Waals surface area (Å²) in [5.74, 6) is 1.97. The number of hydrogen-bond donors (Lipinski definition) is 0. The summed E-state index contributed by atoms with van der Waals surface area (Å²) < 4.78 is 2.41. The lowest BCUT2D eigenvalue weighted by Crippen LogP contribution is -2.00. The maximum atomic E-state index is 4.96. The molecule has 2 aromatic heterocycles. The predicted octanol–water partition coefficient (Wildman–Crippen LogP) is 10.3. The first-order chi connectivity index (χ1) is 22.3. The Balaban J connectivity index is 1.25. The van der Waals surface area contributed by atoms with Gasteiger partial charge in [-0.05, 0) is 46.5 Å². The Kier molecular flexibility index (Phi) is 5.78. The van der Waals surface area contributed by atoms with Crippen LogP contribution in [0.5, 0.6) is 0 Å². The summed E-state index contributed by atoms with van der Waals surface area (Å²) in [7, 11) is 0. The van der Waals surface area contributed by atoms with Crippen molar-refractivity contribution >= 4 is 43.4 Å². The number of nitrogens with zero attached hydrogens (tertiary/aromatic N) is 4. The van der Waals surface area contributed by atoms with E-state index < -0.39 is 0 Å². The molecule has 0 saturated carbocycles. The topological polar surface area (TPSA) is 43.6 Å². The SMILES string of the molecule is c1ccc(-c2nc(-c3ccccc3)nc(-c3ccc4c(-n5c6ccccc6c6cc7ccccc7cc65)cccc4c3)n2)cc1. The Hall–Kier alpha value is -6.13. The lowest BCUT2D eigenvalue weighted by atomic mass is 10.0. The quantitative estimate of drug-likeness (QED) is 0.210. The van der Waals surface area contributed by atoms with Gasteiger partial charge in [0, 0.05) is 32.8 Å². The van der Waals surface area contributed by atoms with Gasteiger partial charge in [0.25, 0.3) is 0 Å². The summed E-state index contributed by atoms with van der Waals surface area (Å²) in [5, 5.41) is 7.27. The first-order valence-electron chi connectivity index (χ1n) is 15.1. The van der Waals surface area contributed by atoms with Gasteiger partial charge < -0.3 is 4.57 Å². The van der Waals surface area contributed by atoms with Gasteiger partial charge in [-0.1, -0.05) is 127 Å². The second-order valence-corrected chi connectivity index (χ2v) is 11.3. The molecular formula is C41H26N4. The average Bonchev–Trinajstić information content (AvgIpc) is 3.43. The molecule has 0 fully saturated rings. The highest BCUT2D eigenvalue weighted by Gasteiger charge is 2.17. The number of fused-ring (bicyclic) bond motifs is 5. The van der Waals surface area contributed by atoms with Gasteiger partial charge in [-0.3, -0.25) is 0 Å². The second-order valence-electron chi connectivity index (χ2n) is 11.3. The Bertz CT molecular complexity index is 2470. The number of benzene rings is 7. The molecule has 0 spiro atoms. The highest BCUT2D eigenvalue weighted by atomic mass is 15.0. The summed E-state index contributed by atoms with van der Waals surface area (Å²) in [6.07, 6.45) is 0. The van der Waals surface area contributed by atoms with Gasteiger partial charge in [-0.25, -0.2) is 15.0 Å². The highest BCUT2D eigenvalue weighted by Crippen LogP contribution is 2.37. The molecule has 9 rings (SSSR count). The molecule has 0 unspecified atom stereocenters. The zero-order valence-corrected chi connectivity index (χ0v) is 24.3. The van der Waals surface area contributed by atoms with E-state index in [9.17, 15) is 0 Å². The van der Waals surface area contributed by atoms with Crippen LogP contribution in [0.15, 0.2) is 158 Å². The fraction of sp³-hybridized carbons (Fsp3) is 0. The molecule has 0 aliphatic rings. The summed E-state index contributed by atoms with van der Waals surface area (Å²) in [6.45, 7) is 0. The molecular weight excluding hydrogens is 548 g/mol. The van der Waals surface area contributed by atoms with E-state index in [2.05, 4.69) is 102 Å². The van der Waals surface area contributed by atoms with E-state index in [1.807, 2.05) is 60.7 Å². The van der Waals surface area contributed by atoms with Gasteiger partial charge >= 0.3 is 0 Å². The smallest absolute Gasteiger partial charge is 0.164 e. The predicted molar refractivity (Wildman–Crippen MR) is 185 cm³/mol. The minimum absolute atomic E-state index is 0.651. The van der Waals surface area contributed by atoms with Gasteiger partial charge in [0.05, 0.1) is 16.7 Å². The number of rotatable bonds is 4. The van der Waals surface area contributed by atoms with Crippen LogP contribution < -0.4 is 0 Å². The van der Waals surface area contributed by atoms with Crippen LogP contribution in [0.25, 0.3) is 83.2 Å². The first-order valence-corrected chi connectivity index (χ1v) is 15.1. The normalized spacial score (nSPS) is 11.6. The number of para-hydroxylation sites is 1. The van der Waals surface area contributed by atoms with E-state index in [0.29, 0.717) is 17.5 Å². The van der Waals surface area contributed by atoms with Crippen molar-refractivity contribution in [1.82, 2.24) is 19.5 Å². The lowest BCUT2D eigenvalue weighted by molar-refractivity contribution is 1.07. The molecule has 0 amide bonds. The highest BCUT2D eigenvalue weighted by molar-refractivity contribution is 6.14. The molecule has 0 saturated heterocycles. The van der Waals surface area contributed by atoms with Crippen molar-refractivity contribution in [3.63, 3.8) is 0 Å². The molecule has 2 heterocycles. The van der Waals surface area contributed by atoms with Crippen LogP contribution in [0.1, 0.15) is 0 Å². The molecule has 0 atom stereocenters. The average molecular weight is 575 g/mol. The number of aromatic nitrogens is 4. The maximum Gasteiger partial charge on any atom is 0.164 e. The summed E-state index contributed by atoms with van der Waals surface area (Å²) in [4.78, 5) is 14.8. The van der Waals surface area contributed by atoms with Crippen LogP contribution in [0.3, 0.4) is 0 Å². The standard InChI is InChI=1S/C41H26N4/c1-3-12-27(13-4-1)39-42-40(28-14-5-2-6-15-28)44-41(43-39)32-22-23-33-31(24-32)18-11-21-36(33)45-37-20-10-9-19-34(37)35-25-29-16-7-8-17-30(29)26-38(35)45/h1-26H. The third-order valence-electron chi connectivity index (χ3n) is 8.60. The second kappa shape index (κ2) is 10.2. The third-order valence-corrected chi connectivity index (χ3v) is 8.60. The molecule has 7 aromatic carbocycles. The largest absolute Gasteiger partial charge is 0.309 e. The first kappa shape index (κ1) is 25.4. The fourth-order valence-electron chi connectivity index (χ4n) is 6.45. The molecule has 0 bridgehead atoms. The maximum absolute atomic E-state index is 4.96. The van der Waals surface area contributed by atoms with E-state index >= 15 is 0 Å². The van der Waals surface area contributed by atoms with Crippen molar-refractivity contribution < 1.29 is 0 Å². The monoisotopic (exact) mass is 574 g/mol. The van der Waals surface area contributed by atoms with Crippen molar-refractivity contribution in [2.24, 2.45) is 0 Å². The van der Waals surface area contributed by atoms with Crippen molar-refractivity contribution in [3.8, 4) is 39.9 Å². The summed E-state index contributed by atoms with van der Waals surface area (Å²) >= 11 is 0. The molecule has 0 aliphatic heterocycles. The van der Waals surface area contributed by atoms with Crippen molar-refractivity contribution in [1.29, 1.82) is 0 Å². The van der Waals surface area contributed by atoms with Gasteiger partial charge in [0.1, 0.15) is 0 Å². The summed E-state index contributed by atoms with van der Waals surface area (Å²) in [5.41, 5.74) is 6.40. The fourth-order valence-corrected chi connectivity index (χ4v) is 6.45. The van der Waals surface area contributed by atoms with E-state index in [-0.39, 0.29) is 0 Å². The molecule has 9 aromatic rings. The van der Waals surface area contributed by atoms with Crippen LogP contribution in [-0.2, 0) is 0 Å². The van der Waals surface area contributed by atoms with Crippen molar-refractivity contribution in [3.05, 3.63) is 158 Å². The molecule has 0 radical (unpaired) electrons. The summed E-state index contributed by atoms with van der Waals surface area (Å²) in [6, 6.07) is 55.2. The van der Waals surface area contributed by atoms with Crippen LogP contribution in [-0.4, -0.2) is 19.5 Å². The van der Waals surface area contributed by atoms with Crippen LogP contribution >= 0.6 is 0 Å². The minimum Gasteiger partial charge on any atom is -0.309 e. The Labute approximate surface area is 259 Å². The van der Waals surface area contributed by atoms with E-state index in [0.717, 1.165) is 33.2 Å². The third kappa shape index (κ3) is 4.27. The lowest BCUT2D eigenvalue weighted by Gasteiger charge is -2.13. The Morgan fingerprint density at radius 1 is 0.333 bits per heavy atom. The van der Waals surface area contributed by atoms with Gasteiger partial charge in [0.15, 0.2) is 17.5 Å². The van der Waals surface area contributed by atoms with E-state index in [1.54, 1.807) is 0 Å². The van der Waals surface area contributed by atoms with Gasteiger partial charge in [-0.2, -0.15) is 0 Å². The minimum atomic E-state index is 0.651.